The number of sulfonamides is 1. The number of nitrogens with one attached hydrogen (secondary N) is 2. The molecule has 0 aliphatic carbocycles. The number of hydrogen-bond donors (Lipinski definition) is 2. The van der Waals surface area contributed by atoms with Gasteiger partial charge in [0.25, 0.3) is 5.91 Å². The average Bonchev–Trinajstić information content (AvgIpc) is 2.58. The van der Waals surface area contributed by atoms with Crippen LogP contribution < -0.4 is 10.0 Å². The van der Waals surface area contributed by atoms with E-state index in [1.165, 1.54) is 6.92 Å². The Balaban J connectivity index is 2.81. The lowest BCUT2D eigenvalue weighted by atomic mass is 9.95. The third-order valence-corrected chi connectivity index (χ3v) is 6.58. The number of amides is 1. The fraction of sp³-hybridized carbons (Fsp3) is 0.579. The maximum Gasteiger partial charge on any atom is 0.307 e. The number of likely N-dealkylation sites (N-methyl/N-ethyl adjacent to an activating group) is 1. The van der Waals surface area contributed by atoms with Gasteiger partial charge < -0.3 is 10.1 Å². The maximum absolute atomic E-state index is 12.8. The summed E-state index contributed by atoms with van der Waals surface area (Å²) < 4.78 is 33.0. The molecular weight excluding hydrogens is 368 g/mol. The monoisotopic (exact) mass is 398 g/mol. The number of ether oxygens (including phenoxy) is 1. The second-order valence-corrected chi connectivity index (χ2v) is 8.33. The Morgan fingerprint density at radius 1 is 0.963 bits per heavy atom. The van der Waals surface area contributed by atoms with E-state index in [1.54, 1.807) is 20.8 Å². The van der Waals surface area contributed by atoms with Gasteiger partial charge in [-0.1, -0.05) is 0 Å². The van der Waals surface area contributed by atoms with Gasteiger partial charge >= 0.3 is 5.97 Å². The van der Waals surface area contributed by atoms with Gasteiger partial charge in [-0.2, -0.15) is 0 Å². The first kappa shape index (κ1) is 23.1. The van der Waals surface area contributed by atoms with Crippen LogP contribution in [0.2, 0.25) is 0 Å². The van der Waals surface area contributed by atoms with Crippen LogP contribution in [0, 0.1) is 34.6 Å². The Morgan fingerprint density at radius 2 is 1.44 bits per heavy atom. The molecule has 1 aromatic carbocycles. The standard InChI is InChI=1S/C19H30N2O5S/c1-8-20-19(23)16(7)26-17(22)9-10-21-27(24,25)18-14(5)12(3)11(2)13(4)15(18)6/h16,21H,8-10H2,1-7H3,(H,20,23)/t16-/m1/s1. The second-order valence-electron chi connectivity index (χ2n) is 6.63. The predicted molar refractivity (Wildman–Crippen MR) is 104 cm³/mol. The average molecular weight is 399 g/mol. The second kappa shape index (κ2) is 9.32. The smallest absolute Gasteiger partial charge is 0.307 e. The number of benzene rings is 1. The molecule has 0 heterocycles. The van der Waals surface area contributed by atoms with E-state index in [2.05, 4.69) is 10.0 Å². The molecule has 0 spiro atoms. The van der Waals surface area contributed by atoms with Crippen molar-refractivity contribution in [1.29, 1.82) is 0 Å². The van der Waals surface area contributed by atoms with Gasteiger partial charge in [-0.05, 0) is 76.3 Å². The topological polar surface area (TPSA) is 102 Å². The van der Waals surface area contributed by atoms with E-state index in [1.807, 2.05) is 20.8 Å². The Kier molecular flexibility index (Phi) is 7.98. The fourth-order valence-corrected chi connectivity index (χ4v) is 4.48. The van der Waals surface area contributed by atoms with Gasteiger partial charge in [0, 0.05) is 13.1 Å². The van der Waals surface area contributed by atoms with Crippen molar-refractivity contribution in [1.82, 2.24) is 10.0 Å². The lowest BCUT2D eigenvalue weighted by Gasteiger charge is -2.19. The molecule has 1 rings (SSSR count). The lowest BCUT2D eigenvalue weighted by molar-refractivity contribution is -0.154. The van der Waals surface area contributed by atoms with Gasteiger partial charge in [0.05, 0.1) is 11.3 Å². The van der Waals surface area contributed by atoms with E-state index >= 15 is 0 Å². The highest BCUT2D eigenvalue weighted by Gasteiger charge is 2.24. The molecule has 0 aliphatic heterocycles. The number of rotatable bonds is 8. The molecule has 0 aromatic heterocycles. The van der Waals surface area contributed by atoms with E-state index in [0.29, 0.717) is 17.7 Å². The summed E-state index contributed by atoms with van der Waals surface area (Å²) in [7, 11) is -3.77. The molecule has 0 fully saturated rings. The highest BCUT2D eigenvalue weighted by atomic mass is 32.2. The number of hydrogen-bond acceptors (Lipinski definition) is 5. The highest BCUT2D eigenvalue weighted by molar-refractivity contribution is 7.89. The van der Waals surface area contributed by atoms with Crippen molar-refractivity contribution in [3.05, 3.63) is 27.8 Å². The summed E-state index contributed by atoms with van der Waals surface area (Å²) >= 11 is 0. The zero-order chi connectivity index (χ0) is 20.9. The predicted octanol–water partition coefficient (Wildman–Crippen LogP) is 1.96. The van der Waals surface area contributed by atoms with Crippen molar-refractivity contribution < 1.29 is 22.7 Å². The van der Waals surface area contributed by atoms with E-state index in [4.69, 9.17) is 4.74 Å². The lowest BCUT2D eigenvalue weighted by Crippen LogP contribution is -2.36. The zero-order valence-electron chi connectivity index (χ0n) is 17.1. The van der Waals surface area contributed by atoms with Crippen LogP contribution in [0.25, 0.3) is 0 Å². The molecule has 1 aromatic rings. The molecule has 0 bridgehead atoms. The van der Waals surface area contributed by atoms with Crippen LogP contribution in [0.4, 0.5) is 0 Å². The molecule has 0 unspecified atom stereocenters. The van der Waals surface area contributed by atoms with Gasteiger partial charge in [-0.25, -0.2) is 13.1 Å². The highest BCUT2D eigenvalue weighted by Crippen LogP contribution is 2.29. The first-order chi connectivity index (χ1) is 12.4. The van der Waals surface area contributed by atoms with Crippen molar-refractivity contribution in [3.63, 3.8) is 0 Å². The van der Waals surface area contributed by atoms with Gasteiger partial charge in [0.15, 0.2) is 6.10 Å². The normalized spacial score (nSPS) is 12.6. The zero-order valence-corrected chi connectivity index (χ0v) is 18.0. The van der Waals surface area contributed by atoms with Crippen LogP contribution in [0.15, 0.2) is 4.90 Å². The summed E-state index contributed by atoms with van der Waals surface area (Å²) in [5, 5.41) is 2.55. The Labute approximate surface area is 161 Å². The van der Waals surface area contributed by atoms with Crippen molar-refractivity contribution in [2.75, 3.05) is 13.1 Å². The van der Waals surface area contributed by atoms with Crippen LogP contribution in [0.1, 0.15) is 48.1 Å². The van der Waals surface area contributed by atoms with Gasteiger partial charge in [0.2, 0.25) is 10.0 Å². The van der Waals surface area contributed by atoms with Gasteiger partial charge in [0.1, 0.15) is 0 Å². The molecule has 7 nitrogen and oxygen atoms in total. The van der Waals surface area contributed by atoms with Gasteiger partial charge in [-0.15, -0.1) is 0 Å². The summed E-state index contributed by atoms with van der Waals surface area (Å²) in [6.45, 7) is 12.9. The minimum atomic E-state index is -3.77. The Morgan fingerprint density at radius 3 is 1.93 bits per heavy atom. The van der Waals surface area contributed by atoms with Crippen molar-refractivity contribution in [3.8, 4) is 0 Å². The van der Waals surface area contributed by atoms with Crippen LogP contribution in [-0.2, 0) is 24.3 Å². The number of carbonyl (C=O) groups excluding carboxylic acids is 2. The molecule has 1 amide bonds. The van der Waals surface area contributed by atoms with Crippen molar-refractivity contribution in [2.45, 2.75) is 65.9 Å². The largest absolute Gasteiger partial charge is 0.453 e. The quantitative estimate of drug-likeness (QED) is 0.652. The number of carbonyl (C=O) groups is 2. The van der Waals surface area contributed by atoms with Crippen molar-refractivity contribution >= 4 is 21.9 Å². The molecule has 27 heavy (non-hydrogen) atoms. The molecular formula is C19H30N2O5S. The Hall–Kier alpha value is -1.93. The van der Waals surface area contributed by atoms with E-state index in [-0.39, 0.29) is 23.8 Å². The molecule has 2 N–H and O–H groups in total. The first-order valence-electron chi connectivity index (χ1n) is 8.97. The summed E-state index contributed by atoms with van der Waals surface area (Å²) in [5.74, 6) is -1.02. The minimum Gasteiger partial charge on any atom is -0.453 e. The molecule has 1 atom stereocenters. The summed E-state index contributed by atoms with van der Waals surface area (Å²) in [6.07, 6.45) is -1.08. The maximum atomic E-state index is 12.8. The number of esters is 1. The summed E-state index contributed by atoms with van der Waals surface area (Å²) in [6, 6.07) is 0. The molecule has 152 valence electrons. The van der Waals surface area contributed by atoms with Crippen LogP contribution in [0.3, 0.4) is 0 Å². The molecule has 0 radical (unpaired) electrons. The summed E-state index contributed by atoms with van der Waals surface area (Å²) in [5.41, 5.74) is 4.36. The minimum absolute atomic E-state index is 0.103. The van der Waals surface area contributed by atoms with E-state index in [0.717, 1.165) is 16.7 Å². The van der Waals surface area contributed by atoms with Crippen LogP contribution in [-0.4, -0.2) is 39.5 Å². The fourth-order valence-electron chi connectivity index (χ4n) is 2.86. The molecule has 0 aliphatic rings. The SMILES string of the molecule is CCNC(=O)[C@@H](C)OC(=O)CCNS(=O)(=O)c1c(C)c(C)c(C)c(C)c1C. The van der Waals surface area contributed by atoms with E-state index < -0.39 is 22.1 Å². The van der Waals surface area contributed by atoms with Crippen LogP contribution in [0.5, 0.6) is 0 Å². The molecule has 0 saturated heterocycles. The third kappa shape index (κ3) is 5.52. The van der Waals surface area contributed by atoms with Gasteiger partial charge in [-0.3, -0.25) is 9.59 Å². The van der Waals surface area contributed by atoms with Crippen molar-refractivity contribution in [2.24, 2.45) is 0 Å². The molecule has 8 heteroatoms. The summed E-state index contributed by atoms with van der Waals surface area (Å²) in [4.78, 5) is 23.7. The third-order valence-electron chi connectivity index (χ3n) is 4.85. The van der Waals surface area contributed by atoms with Crippen LogP contribution >= 0.6 is 0 Å². The van der Waals surface area contributed by atoms with E-state index in [9.17, 15) is 18.0 Å². The first-order valence-corrected chi connectivity index (χ1v) is 10.5. The molecule has 0 saturated carbocycles. The Bertz CT molecular complexity index is 802.